The van der Waals surface area contributed by atoms with Crippen LogP contribution >= 0.6 is 0 Å². The van der Waals surface area contributed by atoms with Crippen LogP contribution in [0.5, 0.6) is 0 Å². The molecular weight excluding hydrogens is 231 g/mol. The number of hydrogen-bond acceptors (Lipinski definition) is 3. The average Bonchev–Trinajstić information content (AvgIpc) is 2.84. The van der Waals surface area contributed by atoms with Crippen LogP contribution in [-0.2, 0) is 17.8 Å². The molecule has 0 aromatic heterocycles. The van der Waals surface area contributed by atoms with Crippen LogP contribution in [-0.4, -0.2) is 31.2 Å². The maximum Gasteiger partial charge on any atom is 0.132 e. The molecule has 1 unspecified atom stereocenters. The molecule has 0 amide bonds. The molecule has 0 bridgehead atoms. The fraction of sp³-hybridized carbons (Fsp3) is 0.571. The average molecular weight is 252 g/mol. The van der Waals surface area contributed by atoms with Crippen LogP contribution in [0, 0.1) is 5.82 Å². The number of halogens is 1. The van der Waals surface area contributed by atoms with Gasteiger partial charge in [-0.1, -0.05) is 18.2 Å². The summed E-state index contributed by atoms with van der Waals surface area (Å²) in [6, 6.07) is 5.42. The van der Waals surface area contributed by atoms with Crippen LogP contribution in [0.1, 0.15) is 24.0 Å². The van der Waals surface area contributed by atoms with Gasteiger partial charge >= 0.3 is 0 Å². The second-order valence-corrected chi connectivity index (χ2v) is 4.93. The first-order chi connectivity index (χ1) is 8.70. The van der Waals surface area contributed by atoms with E-state index < -0.39 is 0 Å². The summed E-state index contributed by atoms with van der Waals surface area (Å²) in [6.07, 6.45) is 2.54. The number of hydrogen-bond donors (Lipinski definition) is 1. The Morgan fingerprint density at radius 3 is 2.89 bits per heavy atom. The van der Waals surface area contributed by atoms with Crippen molar-refractivity contribution in [3.8, 4) is 0 Å². The number of benzene rings is 1. The first kappa shape index (κ1) is 13.5. The van der Waals surface area contributed by atoms with Gasteiger partial charge in [-0.3, -0.25) is 4.90 Å². The smallest absolute Gasteiger partial charge is 0.132 e. The van der Waals surface area contributed by atoms with E-state index in [2.05, 4.69) is 4.90 Å². The van der Waals surface area contributed by atoms with Crippen molar-refractivity contribution in [1.82, 2.24) is 4.90 Å². The lowest BCUT2D eigenvalue weighted by atomic mass is 10.1. The first-order valence-electron chi connectivity index (χ1n) is 6.47. The summed E-state index contributed by atoms with van der Waals surface area (Å²) in [4.78, 5) is 2.11. The van der Waals surface area contributed by atoms with Gasteiger partial charge in [0.25, 0.3) is 0 Å². The molecule has 0 saturated carbocycles. The van der Waals surface area contributed by atoms with Crippen LogP contribution < -0.4 is 5.73 Å². The Morgan fingerprint density at radius 1 is 1.44 bits per heavy atom. The maximum absolute atomic E-state index is 14.0. The van der Waals surface area contributed by atoms with Crippen molar-refractivity contribution in [3.05, 3.63) is 35.1 Å². The highest BCUT2D eigenvalue weighted by atomic mass is 19.1. The van der Waals surface area contributed by atoms with Gasteiger partial charge in [-0.2, -0.15) is 0 Å². The molecule has 2 N–H and O–H groups in total. The Hall–Kier alpha value is -0.970. The van der Waals surface area contributed by atoms with Crippen LogP contribution in [0.25, 0.3) is 0 Å². The second kappa shape index (κ2) is 6.27. The molecule has 4 heteroatoms. The van der Waals surface area contributed by atoms with Gasteiger partial charge in [0.05, 0.1) is 6.10 Å². The third-order valence-corrected chi connectivity index (χ3v) is 3.36. The number of nitrogens with two attached hydrogens (primary N) is 1. The summed E-state index contributed by atoms with van der Waals surface area (Å²) in [6.45, 7) is 2.55. The van der Waals surface area contributed by atoms with E-state index in [0.29, 0.717) is 23.8 Å². The highest BCUT2D eigenvalue weighted by Crippen LogP contribution is 2.17. The van der Waals surface area contributed by atoms with Crippen LogP contribution in [0.15, 0.2) is 18.2 Å². The largest absolute Gasteiger partial charge is 0.377 e. The van der Waals surface area contributed by atoms with Gasteiger partial charge in [-0.05, 0) is 19.9 Å². The molecule has 1 atom stereocenters. The lowest BCUT2D eigenvalue weighted by Crippen LogP contribution is -2.28. The second-order valence-electron chi connectivity index (χ2n) is 4.93. The van der Waals surface area contributed by atoms with Crippen molar-refractivity contribution in [3.63, 3.8) is 0 Å². The molecule has 1 heterocycles. The van der Waals surface area contributed by atoms with Crippen molar-refractivity contribution in [2.75, 3.05) is 20.2 Å². The Morgan fingerprint density at radius 2 is 2.22 bits per heavy atom. The molecule has 1 saturated heterocycles. The molecule has 1 fully saturated rings. The molecule has 1 aliphatic heterocycles. The van der Waals surface area contributed by atoms with E-state index in [0.717, 1.165) is 26.0 Å². The molecule has 1 aromatic rings. The highest BCUT2D eigenvalue weighted by Gasteiger charge is 2.18. The number of ether oxygens (including phenoxy) is 1. The lowest BCUT2D eigenvalue weighted by molar-refractivity contribution is 0.0790. The molecule has 18 heavy (non-hydrogen) atoms. The van der Waals surface area contributed by atoms with E-state index in [-0.39, 0.29) is 12.4 Å². The minimum absolute atomic E-state index is 0.167. The minimum atomic E-state index is -0.167. The third kappa shape index (κ3) is 3.28. The summed E-state index contributed by atoms with van der Waals surface area (Å²) < 4.78 is 19.6. The molecule has 100 valence electrons. The quantitative estimate of drug-likeness (QED) is 0.869. The van der Waals surface area contributed by atoms with Gasteiger partial charge in [-0.15, -0.1) is 0 Å². The molecule has 0 aliphatic carbocycles. The summed E-state index contributed by atoms with van der Waals surface area (Å²) in [5.41, 5.74) is 6.80. The van der Waals surface area contributed by atoms with Gasteiger partial charge in [-0.25, -0.2) is 4.39 Å². The van der Waals surface area contributed by atoms with Crippen molar-refractivity contribution >= 4 is 0 Å². The van der Waals surface area contributed by atoms with E-state index in [1.807, 2.05) is 19.2 Å². The first-order valence-corrected chi connectivity index (χ1v) is 6.47. The van der Waals surface area contributed by atoms with Crippen molar-refractivity contribution in [1.29, 1.82) is 0 Å². The van der Waals surface area contributed by atoms with Crippen molar-refractivity contribution < 1.29 is 9.13 Å². The number of likely N-dealkylation sites (N-methyl/N-ethyl adjacent to an activating group) is 1. The number of rotatable bonds is 5. The van der Waals surface area contributed by atoms with Gasteiger partial charge in [0.15, 0.2) is 0 Å². The van der Waals surface area contributed by atoms with E-state index in [4.69, 9.17) is 10.5 Å². The summed E-state index contributed by atoms with van der Waals surface area (Å²) in [7, 11) is 2.00. The SMILES string of the molecule is CN(Cc1cccc(CN)c1F)CC1CCCO1. The zero-order valence-electron chi connectivity index (χ0n) is 10.9. The number of nitrogens with zero attached hydrogens (tertiary/aromatic N) is 1. The van der Waals surface area contributed by atoms with E-state index >= 15 is 0 Å². The van der Waals surface area contributed by atoms with Gasteiger partial charge < -0.3 is 10.5 Å². The van der Waals surface area contributed by atoms with Crippen LogP contribution in [0.2, 0.25) is 0 Å². The molecule has 1 aliphatic rings. The Labute approximate surface area is 108 Å². The monoisotopic (exact) mass is 252 g/mol. The van der Waals surface area contributed by atoms with Crippen molar-refractivity contribution in [2.45, 2.75) is 32.0 Å². The van der Waals surface area contributed by atoms with Crippen LogP contribution in [0.3, 0.4) is 0 Å². The van der Waals surface area contributed by atoms with Gasteiger partial charge in [0.2, 0.25) is 0 Å². The Balaban J connectivity index is 1.95. The maximum atomic E-state index is 14.0. The normalized spacial score (nSPS) is 19.7. The topological polar surface area (TPSA) is 38.5 Å². The Bertz CT molecular complexity index is 391. The molecule has 3 nitrogen and oxygen atoms in total. The lowest BCUT2D eigenvalue weighted by Gasteiger charge is -2.21. The highest BCUT2D eigenvalue weighted by molar-refractivity contribution is 5.25. The predicted molar refractivity (Wildman–Crippen MR) is 69.6 cm³/mol. The van der Waals surface area contributed by atoms with Crippen molar-refractivity contribution in [2.24, 2.45) is 5.73 Å². The molecule has 0 spiro atoms. The predicted octanol–water partition coefficient (Wildman–Crippen LogP) is 1.90. The van der Waals surface area contributed by atoms with Gasteiger partial charge in [0.1, 0.15) is 5.82 Å². The summed E-state index contributed by atoms with van der Waals surface area (Å²) in [5.74, 6) is -0.167. The minimum Gasteiger partial charge on any atom is -0.377 e. The Kier molecular flexibility index (Phi) is 4.69. The van der Waals surface area contributed by atoms with E-state index in [1.165, 1.54) is 0 Å². The van der Waals surface area contributed by atoms with E-state index in [9.17, 15) is 4.39 Å². The summed E-state index contributed by atoms with van der Waals surface area (Å²) in [5, 5.41) is 0. The fourth-order valence-electron chi connectivity index (χ4n) is 2.40. The summed E-state index contributed by atoms with van der Waals surface area (Å²) >= 11 is 0. The molecule has 1 aromatic carbocycles. The third-order valence-electron chi connectivity index (χ3n) is 3.36. The molecule has 0 radical (unpaired) electrons. The van der Waals surface area contributed by atoms with E-state index in [1.54, 1.807) is 6.07 Å². The molecule has 2 rings (SSSR count). The van der Waals surface area contributed by atoms with Gasteiger partial charge in [0, 0.05) is 37.4 Å². The fourth-order valence-corrected chi connectivity index (χ4v) is 2.40. The standard InChI is InChI=1S/C14H21FN2O/c1-17(10-13-6-3-7-18-13)9-12-5-2-4-11(8-16)14(12)15/h2,4-5,13H,3,6-10,16H2,1H3. The molecular formula is C14H21FN2O. The zero-order chi connectivity index (χ0) is 13.0. The zero-order valence-corrected chi connectivity index (χ0v) is 10.9. The van der Waals surface area contributed by atoms with Crippen LogP contribution in [0.4, 0.5) is 4.39 Å².